The van der Waals surface area contributed by atoms with E-state index in [1.54, 1.807) is 39.0 Å². The quantitative estimate of drug-likeness (QED) is 0.661. The van der Waals surface area contributed by atoms with Crippen LogP contribution in [0.25, 0.3) is 0 Å². The van der Waals surface area contributed by atoms with Crippen molar-refractivity contribution in [2.24, 2.45) is 0 Å². The van der Waals surface area contributed by atoms with Crippen LogP contribution in [0, 0.1) is 6.92 Å². The van der Waals surface area contributed by atoms with Crippen LogP contribution in [0.2, 0.25) is 0 Å². The Morgan fingerprint density at radius 3 is 2.07 bits per heavy atom. The summed E-state index contributed by atoms with van der Waals surface area (Å²) in [5.74, 6) is -0.604. The fraction of sp³-hybridized carbons (Fsp3) is 0.350. The van der Waals surface area contributed by atoms with Gasteiger partial charge in [-0.1, -0.05) is 32.0 Å². The lowest BCUT2D eigenvalue weighted by Gasteiger charge is -2.20. The fourth-order valence-electron chi connectivity index (χ4n) is 2.91. The molecule has 0 unspecified atom stereocenters. The molecule has 164 valence electrons. The summed E-state index contributed by atoms with van der Waals surface area (Å²) in [5.41, 5.74) is 0.752. The topological polar surface area (TPSA) is 104 Å². The molecule has 0 radical (unpaired) electrons. The molecule has 0 aliphatic heterocycles. The Hall–Kier alpha value is -2.27. The van der Waals surface area contributed by atoms with E-state index in [0.717, 1.165) is 4.31 Å². The summed E-state index contributed by atoms with van der Waals surface area (Å²) >= 11 is 0. The molecule has 30 heavy (non-hydrogen) atoms. The van der Waals surface area contributed by atoms with E-state index in [4.69, 9.17) is 0 Å². The second kappa shape index (κ2) is 9.25. The second-order valence-corrected chi connectivity index (χ2v) is 10.8. The molecule has 1 N–H and O–H groups in total. The van der Waals surface area contributed by atoms with Gasteiger partial charge < -0.3 is 5.32 Å². The van der Waals surface area contributed by atoms with Gasteiger partial charge >= 0.3 is 0 Å². The molecular formula is C20H27N3O5S2. The summed E-state index contributed by atoms with van der Waals surface area (Å²) in [4.78, 5) is 12.8. The standard InChI is InChI=1S/C20H27N3O5S2/c1-6-23(7-2)30(27,28)19-14-16(13-12-15(19)3)20(24)21-17-10-8-9-11-18(17)29(25,26)22(4)5/h8-14H,6-7H2,1-5H3,(H,21,24). The third-order valence-electron chi connectivity index (χ3n) is 4.67. The van der Waals surface area contributed by atoms with E-state index in [0.29, 0.717) is 18.7 Å². The molecule has 1 amide bonds. The highest BCUT2D eigenvalue weighted by atomic mass is 32.2. The second-order valence-electron chi connectivity index (χ2n) is 6.81. The lowest BCUT2D eigenvalue weighted by Crippen LogP contribution is -2.31. The van der Waals surface area contributed by atoms with Crippen molar-refractivity contribution in [3.05, 3.63) is 53.6 Å². The number of amides is 1. The van der Waals surface area contributed by atoms with Crippen LogP contribution >= 0.6 is 0 Å². The third-order valence-corrected chi connectivity index (χ3v) is 8.73. The minimum atomic E-state index is -3.78. The monoisotopic (exact) mass is 453 g/mol. The molecule has 0 saturated carbocycles. The molecule has 10 heteroatoms. The van der Waals surface area contributed by atoms with Crippen molar-refractivity contribution >= 4 is 31.6 Å². The van der Waals surface area contributed by atoms with Gasteiger partial charge in [0.15, 0.2) is 0 Å². The van der Waals surface area contributed by atoms with E-state index in [9.17, 15) is 21.6 Å². The van der Waals surface area contributed by atoms with Crippen molar-refractivity contribution in [1.82, 2.24) is 8.61 Å². The zero-order valence-electron chi connectivity index (χ0n) is 17.7. The van der Waals surface area contributed by atoms with Crippen LogP contribution < -0.4 is 5.32 Å². The molecule has 0 saturated heterocycles. The van der Waals surface area contributed by atoms with Gasteiger partial charge in [0.2, 0.25) is 20.0 Å². The first-order valence-electron chi connectivity index (χ1n) is 9.40. The van der Waals surface area contributed by atoms with Gasteiger partial charge in [-0.3, -0.25) is 4.79 Å². The van der Waals surface area contributed by atoms with Crippen molar-refractivity contribution in [3.8, 4) is 0 Å². The average Bonchev–Trinajstić information content (AvgIpc) is 2.69. The molecule has 0 aliphatic rings. The van der Waals surface area contributed by atoms with Crippen LogP contribution in [0.1, 0.15) is 29.8 Å². The van der Waals surface area contributed by atoms with Gasteiger partial charge in [-0.05, 0) is 36.8 Å². The number of nitrogens with zero attached hydrogens (tertiary/aromatic N) is 2. The van der Waals surface area contributed by atoms with Crippen molar-refractivity contribution in [2.45, 2.75) is 30.6 Å². The summed E-state index contributed by atoms with van der Waals surface area (Å²) in [6.07, 6.45) is 0. The summed E-state index contributed by atoms with van der Waals surface area (Å²) in [6, 6.07) is 10.4. The number of aryl methyl sites for hydroxylation is 1. The minimum Gasteiger partial charge on any atom is -0.321 e. The van der Waals surface area contributed by atoms with Crippen LogP contribution in [-0.2, 0) is 20.0 Å². The Morgan fingerprint density at radius 1 is 0.900 bits per heavy atom. The zero-order chi connectivity index (χ0) is 22.7. The Kier molecular flexibility index (Phi) is 7.40. The van der Waals surface area contributed by atoms with Gasteiger partial charge in [-0.15, -0.1) is 0 Å². The summed E-state index contributed by atoms with van der Waals surface area (Å²) in [7, 11) is -4.73. The summed E-state index contributed by atoms with van der Waals surface area (Å²) in [6.45, 7) is 5.77. The van der Waals surface area contributed by atoms with Gasteiger partial charge in [-0.2, -0.15) is 4.31 Å². The number of para-hydroxylation sites is 1. The van der Waals surface area contributed by atoms with E-state index < -0.39 is 26.0 Å². The first-order chi connectivity index (χ1) is 14.0. The Bertz CT molecular complexity index is 1140. The fourth-order valence-corrected chi connectivity index (χ4v) is 5.66. The minimum absolute atomic E-state index is 0.0491. The number of carbonyl (C=O) groups excluding carboxylic acids is 1. The highest BCUT2D eigenvalue weighted by Gasteiger charge is 2.26. The van der Waals surface area contributed by atoms with Gasteiger partial charge in [-0.25, -0.2) is 21.1 Å². The molecule has 0 aliphatic carbocycles. The predicted octanol–water partition coefficient (Wildman–Crippen LogP) is 2.53. The van der Waals surface area contributed by atoms with Gasteiger partial charge in [0, 0.05) is 32.7 Å². The van der Waals surface area contributed by atoms with Crippen molar-refractivity contribution in [2.75, 3.05) is 32.5 Å². The molecule has 2 rings (SSSR count). The van der Waals surface area contributed by atoms with Gasteiger partial charge in [0.1, 0.15) is 4.90 Å². The van der Waals surface area contributed by atoms with E-state index in [1.165, 1.54) is 42.7 Å². The molecule has 0 spiro atoms. The highest BCUT2D eigenvalue weighted by Crippen LogP contribution is 2.25. The van der Waals surface area contributed by atoms with Crippen molar-refractivity contribution in [1.29, 1.82) is 0 Å². The number of hydrogen-bond donors (Lipinski definition) is 1. The average molecular weight is 454 g/mol. The number of nitrogens with one attached hydrogen (secondary N) is 1. The third kappa shape index (κ3) is 4.72. The highest BCUT2D eigenvalue weighted by molar-refractivity contribution is 7.89. The molecule has 2 aromatic rings. The molecule has 0 heterocycles. The van der Waals surface area contributed by atoms with Crippen molar-refractivity contribution < 1.29 is 21.6 Å². The first kappa shape index (κ1) is 24.0. The van der Waals surface area contributed by atoms with E-state index in [1.807, 2.05) is 0 Å². The number of benzene rings is 2. The first-order valence-corrected chi connectivity index (χ1v) is 12.3. The Balaban J connectivity index is 2.46. The molecule has 2 aromatic carbocycles. The molecule has 0 fully saturated rings. The van der Waals surface area contributed by atoms with Crippen LogP contribution in [0.4, 0.5) is 5.69 Å². The Morgan fingerprint density at radius 2 is 1.50 bits per heavy atom. The Labute approximate surface area is 178 Å². The zero-order valence-corrected chi connectivity index (χ0v) is 19.3. The van der Waals surface area contributed by atoms with Crippen LogP contribution in [0.15, 0.2) is 52.3 Å². The van der Waals surface area contributed by atoms with E-state index >= 15 is 0 Å². The van der Waals surface area contributed by atoms with E-state index in [2.05, 4.69) is 5.32 Å². The number of rotatable bonds is 8. The summed E-state index contributed by atoms with van der Waals surface area (Å²) < 4.78 is 53.3. The lowest BCUT2D eigenvalue weighted by atomic mass is 10.1. The smallest absolute Gasteiger partial charge is 0.255 e. The molecule has 0 aromatic heterocycles. The lowest BCUT2D eigenvalue weighted by molar-refractivity contribution is 0.102. The molecule has 0 atom stereocenters. The number of sulfonamides is 2. The SMILES string of the molecule is CCN(CC)S(=O)(=O)c1cc(C(=O)Nc2ccccc2S(=O)(=O)N(C)C)ccc1C. The normalized spacial score (nSPS) is 12.4. The van der Waals surface area contributed by atoms with Gasteiger partial charge in [0.05, 0.1) is 10.6 Å². The predicted molar refractivity (Wildman–Crippen MR) is 117 cm³/mol. The number of carbonyl (C=O) groups is 1. The van der Waals surface area contributed by atoms with E-state index in [-0.39, 0.29) is 21.0 Å². The van der Waals surface area contributed by atoms with Gasteiger partial charge in [0.25, 0.3) is 5.91 Å². The molecular weight excluding hydrogens is 426 g/mol. The maximum absolute atomic E-state index is 12.9. The van der Waals surface area contributed by atoms with Crippen molar-refractivity contribution in [3.63, 3.8) is 0 Å². The maximum Gasteiger partial charge on any atom is 0.255 e. The van der Waals surface area contributed by atoms with Crippen LogP contribution in [0.3, 0.4) is 0 Å². The number of anilines is 1. The maximum atomic E-state index is 12.9. The molecule has 8 nitrogen and oxygen atoms in total. The molecule has 0 bridgehead atoms. The number of hydrogen-bond acceptors (Lipinski definition) is 5. The van der Waals surface area contributed by atoms with Crippen LogP contribution in [0.5, 0.6) is 0 Å². The largest absolute Gasteiger partial charge is 0.321 e. The summed E-state index contributed by atoms with van der Waals surface area (Å²) in [5, 5.41) is 2.59. The van der Waals surface area contributed by atoms with Crippen LogP contribution in [-0.4, -0.2) is 58.5 Å².